The quantitative estimate of drug-likeness (QED) is 0.0964. The third kappa shape index (κ3) is 12.1. The molecule has 176 valence electrons. The van der Waals surface area contributed by atoms with Crippen LogP contribution in [0.2, 0.25) is 0 Å². The van der Waals surface area contributed by atoms with Crippen molar-refractivity contribution in [3.8, 4) is 0 Å². The summed E-state index contributed by atoms with van der Waals surface area (Å²) in [5.74, 6) is -7.36. The van der Waals surface area contributed by atoms with Gasteiger partial charge in [-0.1, -0.05) is 0 Å². The summed E-state index contributed by atoms with van der Waals surface area (Å²) >= 11 is 0. The molecule has 8 atom stereocenters. The normalized spacial score (nSPS) is 18.1. The van der Waals surface area contributed by atoms with Crippen LogP contribution in [0.1, 0.15) is 0 Å². The van der Waals surface area contributed by atoms with Crippen LogP contribution in [0.15, 0.2) is 0 Å². The summed E-state index contributed by atoms with van der Waals surface area (Å²) < 4.78 is 0. The second-order valence-electron chi connectivity index (χ2n) is 5.09. The molecular formula is C12H22O16Sb2. The minimum absolute atomic E-state index is 0. The Balaban J connectivity index is -0.000000211. The van der Waals surface area contributed by atoms with E-state index in [-0.39, 0.29) is 48.9 Å². The van der Waals surface area contributed by atoms with E-state index in [4.69, 9.17) is 61.3 Å². The summed E-state index contributed by atoms with van der Waals surface area (Å²) in [7, 11) is 0. The first kappa shape index (κ1) is 36.6. The molecule has 0 fully saturated rings. The van der Waals surface area contributed by atoms with Gasteiger partial charge in [0.2, 0.25) is 0 Å². The van der Waals surface area contributed by atoms with Gasteiger partial charge in [-0.2, -0.15) is 0 Å². The van der Waals surface area contributed by atoms with Crippen molar-refractivity contribution < 1.29 is 80.5 Å². The van der Waals surface area contributed by atoms with Crippen LogP contribution in [0.3, 0.4) is 0 Å². The number of hydrogen-bond donors (Lipinski definition) is 12. The number of aliphatic carboxylic acids is 4. The van der Waals surface area contributed by atoms with Gasteiger partial charge in [0.25, 0.3) is 0 Å². The van der Waals surface area contributed by atoms with Crippen LogP contribution < -0.4 is 0 Å². The monoisotopic (exact) mass is 664 g/mol. The number of aliphatic hydroxyl groups excluding tert-OH is 8. The first-order chi connectivity index (χ1) is 12.6. The zero-order valence-electron chi connectivity index (χ0n) is 14.6. The van der Waals surface area contributed by atoms with Gasteiger partial charge in [-0.05, 0) is 0 Å². The molecule has 30 heavy (non-hydrogen) atoms. The summed E-state index contributed by atoms with van der Waals surface area (Å²) in [5, 5.41) is 103. The van der Waals surface area contributed by atoms with E-state index >= 15 is 0 Å². The van der Waals surface area contributed by atoms with Gasteiger partial charge in [0.15, 0.2) is 24.4 Å². The van der Waals surface area contributed by atoms with Crippen molar-refractivity contribution in [2.45, 2.75) is 48.8 Å². The number of carboxylic acid groups (broad SMARTS) is 4. The van der Waals surface area contributed by atoms with Crippen molar-refractivity contribution in [3.05, 3.63) is 0 Å². The van der Waals surface area contributed by atoms with Crippen LogP contribution in [0, 0.1) is 0 Å². The van der Waals surface area contributed by atoms with Gasteiger partial charge >= 0.3 is 72.7 Å². The van der Waals surface area contributed by atoms with E-state index in [1.807, 2.05) is 0 Å². The van der Waals surface area contributed by atoms with E-state index in [1.54, 1.807) is 0 Å². The maximum absolute atomic E-state index is 10.1. The van der Waals surface area contributed by atoms with Crippen molar-refractivity contribution in [1.29, 1.82) is 0 Å². The Bertz CT molecular complexity index is 462. The fourth-order valence-electron chi connectivity index (χ4n) is 1.33. The van der Waals surface area contributed by atoms with Gasteiger partial charge in [-0.25, -0.2) is 19.2 Å². The van der Waals surface area contributed by atoms with Gasteiger partial charge in [0, 0.05) is 0 Å². The first-order valence-corrected chi connectivity index (χ1v) is 6.93. The molecule has 8 unspecified atom stereocenters. The van der Waals surface area contributed by atoms with E-state index < -0.39 is 72.7 Å². The standard InChI is InChI=1S/2C6H10O8.2Sb.2H/c2*7-1(3(9)5(11)12)2(8)4(10)6(13)14;;;;/h2*1-4,7-10H,(H,11,12)(H,13,14);;;;. The molecule has 0 aromatic rings. The van der Waals surface area contributed by atoms with Crippen LogP contribution >= 0.6 is 0 Å². The van der Waals surface area contributed by atoms with Crippen LogP contribution in [0.5, 0.6) is 0 Å². The Morgan fingerprint density at radius 1 is 0.367 bits per heavy atom. The van der Waals surface area contributed by atoms with Crippen molar-refractivity contribution >= 4 is 72.7 Å². The zero-order valence-corrected chi connectivity index (χ0v) is 20.3. The molecule has 0 aromatic heterocycles. The zero-order chi connectivity index (χ0) is 22.9. The Labute approximate surface area is 201 Å². The average molecular weight is 666 g/mol. The van der Waals surface area contributed by atoms with Crippen LogP contribution in [-0.2, 0) is 19.2 Å². The molecule has 18 heteroatoms. The third-order valence-electron chi connectivity index (χ3n) is 3.01. The molecule has 16 nitrogen and oxygen atoms in total. The fraction of sp³-hybridized carbons (Fsp3) is 0.667. The molecule has 12 N–H and O–H groups in total. The van der Waals surface area contributed by atoms with Crippen molar-refractivity contribution in [1.82, 2.24) is 0 Å². The van der Waals surface area contributed by atoms with E-state index in [0.29, 0.717) is 0 Å². The molecule has 0 amide bonds. The maximum atomic E-state index is 10.1. The molecule has 0 spiro atoms. The second kappa shape index (κ2) is 16.8. The first-order valence-electron chi connectivity index (χ1n) is 6.93. The van der Waals surface area contributed by atoms with Crippen molar-refractivity contribution in [2.24, 2.45) is 0 Å². The van der Waals surface area contributed by atoms with Gasteiger partial charge in [-0.15, -0.1) is 0 Å². The predicted octanol–water partition coefficient (Wildman–Crippen LogP) is -8.10. The van der Waals surface area contributed by atoms with Crippen molar-refractivity contribution in [3.63, 3.8) is 0 Å². The van der Waals surface area contributed by atoms with E-state index in [1.165, 1.54) is 0 Å². The van der Waals surface area contributed by atoms with Gasteiger partial charge in [-0.3, -0.25) is 0 Å². The molecule has 0 rings (SSSR count). The Morgan fingerprint density at radius 3 is 0.533 bits per heavy atom. The molecule has 0 aromatic carbocycles. The van der Waals surface area contributed by atoms with E-state index in [9.17, 15) is 19.2 Å². The van der Waals surface area contributed by atoms with Gasteiger partial charge in [0.1, 0.15) is 24.4 Å². The Hall–Kier alpha value is -0.804. The number of carboxylic acids is 4. The number of rotatable bonds is 10. The van der Waals surface area contributed by atoms with Gasteiger partial charge < -0.3 is 61.3 Å². The summed E-state index contributed by atoms with van der Waals surface area (Å²) in [5.41, 5.74) is 0. The second-order valence-corrected chi connectivity index (χ2v) is 5.09. The van der Waals surface area contributed by atoms with Crippen LogP contribution in [0.25, 0.3) is 0 Å². The molecular weight excluding hydrogens is 644 g/mol. The molecule has 0 aliphatic heterocycles. The SMILES string of the molecule is O=C(O)C(O)C(O)C(O)C(O)C(=O)O.O=C(O)C(O)C(O)C(O)C(O)C(=O)O.[SbH].[SbH]. The summed E-state index contributed by atoms with van der Waals surface area (Å²) in [6.45, 7) is 0. The average Bonchev–Trinajstić information content (AvgIpc) is 2.62. The molecule has 0 bridgehead atoms. The summed E-state index contributed by atoms with van der Waals surface area (Å²) in [6.07, 6.45) is -18.6. The molecule has 0 aliphatic carbocycles. The van der Waals surface area contributed by atoms with Crippen molar-refractivity contribution in [2.75, 3.05) is 0 Å². The van der Waals surface area contributed by atoms with Gasteiger partial charge in [0.05, 0.1) is 0 Å². The molecule has 0 heterocycles. The van der Waals surface area contributed by atoms with E-state index in [2.05, 4.69) is 0 Å². The van der Waals surface area contributed by atoms with E-state index in [0.717, 1.165) is 0 Å². The number of aliphatic hydroxyl groups is 8. The number of hydrogen-bond acceptors (Lipinski definition) is 12. The van der Waals surface area contributed by atoms with Crippen LogP contribution in [-0.4, -0.2) is 183 Å². The topological polar surface area (TPSA) is 311 Å². The summed E-state index contributed by atoms with van der Waals surface area (Å²) in [6, 6.07) is 0. The minimum atomic E-state index is -2.36. The summed E-state index contributed by atoms with van der Waals surface area (Å²) in [4.78, 5) is 40.3. The predicted molar refractivity (Wildman–Crippen MR) is 92.9 cm³/mol. The Morgan fingerprint density at radius 2 is 0.467 bits per heavy atom. The molecule has 0 aliphatic rings. The Kier molecular flexibility index (Phi) is 20.5. The molecule has 4 radical (unpaired) electrons. The third-order valence-corrected chi connectivity index (χ3v) is 3.01. The van der Waals surface area contributed by atoms with Crippen LogP contribution in [0.4, 0.5) is 0 Å². The number of carbonyl (C=O) groups is 4. The fourth-order valence-corrected chi connectivity index (χ4v) is 1.33. The molecule has 0 saturated heterocycles. The molecule has 0 saturated carbocycles.